The maximum atomic E-state index is 12.1. The van der Waals surface area contributed by atoms with Gasteiger partial charge in [0.1, 0.15) is 0 Å². The minimum atomic E-state index is -3.65. The lowest BCUT2D eigenvalue weighted by Gasteiger charge is -2.07. The summed E-state index contributed by atoms with van der Waals surface area (Å²) in [5, 5.41) is 3.74. The zero-order valence-corrected chi connectivity index (χ0v) is 13.4. The number of pyridine rings is 1. The summed E-state index contributed by atoms with van der Waals surface area (Å²) in [6.07, 6.45) is 3.90. The van der Waals surface area contributed by atoms with E-state index in [0.29, 0.717) is 11.6 Å². The molecule has 0 unspecified atom stereocenters. The van der Waals surface area contributed by atoms with Crippen molar-refractivity contribution in [2.24, 2.45) is 11.0 Å². The van der Waals surface area contributed by atoms with Crippen LogP contribution in [0.15, 0.2) is 58.7 Å². The first-order valence-corrected chi connectivity index (χ1v) is 8.50. The molecule has 0 aliphatic rings. The first-order valence-electron chi connectivity index (χ1n) is 7.02. The van der Waals surface area contributed by atoms with E-state index in [1.165, 1.54) is 6.21 Å². The van der Waals surface area contributed by atoms with Crippen LogP contribution in [0.3, 0.4) is 0 Å². The van der Waals surface area contributed by atoms with Crippen molar-refractivity contribution in [2.45, 2.75) is 25.2 Å². The highest BCUT2D eigenvalue weighted by Crippen LogP contribution is 2.13. The van der Waals surface area contributed by atoms with E-state index in [1.807, 2.05) is 12.1 Å². The van der Waals surface area contributed by atoms with Crippen LogP contribution < -0.4 is 4.83 Å². The second kappa shape index (κ2) is 7.17. The highest BCUT2D eigenvalue weighted by Gasteiger charge is 2.12. The second-order valence-corrected chi connectivity index (χ2v) is 7.01. The second-order valence-electron chi connectivity index (χ2n) is 5.35. The van der Waals surface area contributed by atoms with Crippen LogP contribution in [-0.2, 0) is 16.4 Å². The van der Waals surface area contributed by atoms with Gasteiger partial charge in [0.25, 0.3) is 10.0 Å². The topological polar surface area (TPSA) is 71.4 Å². The first-order chi connectivity index (χ1) is 10.5. The Balaban J connectivity index is 2.05. The highest BCUT2D eigenvalue weighted by atomic mass is 32.2. The van der Waals surface area contributed by atoms with Crippen LogP contribution >= 0.6 is 0 Å². The van der Waals surface area contributed by atoms with Crippen molar-refractivity contribution in [3.8, 4) is 0 Å². The van der Waals surface area contributed by atoms with E-state index in [0.717, 1.165) is 12.0 Å². The molecular formula is C16H19N3O2S. The molecule has 1 aromatic carbocycles. The van der Waals surface area contributed by atoms with Crippen LogP contribution in [0.4, 0.5) is 0 Å². The van der Waals surface area contributed by atoms with Crippen molar-refractivity contribution >= 4 is 16.2 Å². The molecule has 0 saturated heterocycles. The van der Waals surface area contributed by atoms with Gasteiger partial charge in [0.15, 0.2) is 0 Å². The number of hydrazone groups is 1. The largest absolute Gasteiger partial charge is 0.276 e. The van der Waals surface area contributed by atoms with Gasteiger partial charge >= 0.3 is 0 Å². The molecule has 2 aromatic rings. The third kappa shape index (κ3) is 4.66. The lowest BCUT2D eigenvalue weighted by Crippen LogP contribution is -2.18. The van der Waals surface area contributed by atoms with Gasteiger partial charge in [-0.25, -0.2) is 4.83 Å². The Hall–Kier alpha value is -2.21. The number of hydrogen-bond acceptors (Lipinski definition) is 4. The minimum Gasteiger partial charge on any atom is -0.255 e. The molecule has 0 saturated carbocycles. The summed E-state index contributed by atoms with van der Waals surface area (Å²) in [5.41, 5.74) is 1.70. The van der Waals surface area contributed by atoms with Crippen molar-refractivity contribution in [3.05, 3.63) is 59.9 Å². The van der Waals surface area contributed by atoms with E-state index < -0.39 is 10.0 Å². The molecule has 6 heteroatoms. The maximum absolute atomic E-state index is 12.1. The maximum Gasteiger partial charge on any atom is 0.276 e. The van der Waals surface area contributed by atoms with Crippen LogP contribution in [0.1, 0.15) is 25.1 Å². The molecule has 0 bridgehead atoms. The van der Waals surface area contributed by atoms with Crippen molar-refractivity contribution in [1.82, 2.24) is 9.82 Å². The Kier molecular flexibility index (Phi) is 5.27. The lowest BCUT2D eigenvalue weighted by molar-refractivity contribution is 0.584. The van der Waals surface area contributed by atoms with E-state index in [2.05, 4.69) is 28.8 Å². The molecule has 0 atom stereocenters. The number of nitrogens with one attached hydrogen (secondary N) is 1. The summed E-state index contributed by atoms with van der Waals surface area (Å²) in [7, 11) is -3.65. The van der Waals surface area contributed by atoms with E-state index in [-0.39, 0.29) is 4.90 Å². The highest BCUT2D eigenvalue weighted by molar-refractivity contribution is 7.89. The predicted octanol–water partition coefficient (Wildman–Crippen LogP) is 2.59. The fraction of sp³-hybridized carbons (Fsp3) is 0.250. The van der Waals surface area contributed by atoms with Crippen molar-refractivity contribution in [2.75, 3.05) is 0 Å². The van der Waals surface area contributed by atoms with E-state index in [1.54, 1.807) is 36.5 Å². The zero-order chi connectivity index (χ0) is 16.0. The monoisotopic (exact) mass is 317 g/mol. The molecule has 1 heterocycles. The van der Waals surface area contributed by atoms with Gasteiger partial charge in [-0.3, -0.25) is 4.98 Å². The molecule has 0 aliphatic heterocycles. The van der Waals surface area contributed by atoms with E-state index >= 15 is 0 Å². The Bertz CT molecular complexity index is 724. The summed E-state index contributed by atoms with van der Waals surface area (Å²) in [5.74, 6) is 0.531. The molecule has 2 rings (SSSR count). The van der Waals surface area contributed by atoms with Gasteiger partial charge in [0.05, 0.1) is 16.8 Å². The third-order valence-corrected chi connectivity index (χ3v) is 4.17. The first kappa shape index (κ1) is 16.2. The van der Waals surface area contributed by atoms with Crippen molar-refractivity contribution < 1.29 is 8.42 Å². The molecular weight excluding hydrogens is 298 g/mol. The lowest BCUT2D eigenvalue weighted by atomic mass is 10.0. The molecule has 5 nitrogen and oxygen atoms in total. The van der Waals surface area contributed by atoms with Gasteiger partial charge in [-0.1, -0.05) is 32.0 Å². The number of hydrogen-bond donors (Lipinski definition) is 1. The molecule has 0 amide bonds. The predicted molar refractivity (Wildman–Crippen MR) is 87.1 cm³/mol. The molecule has 0 aliphatic carbocycles. The number of benzene rings is 1. The molecule has 22 heavy (non-hydrogen) atoms. The average Bonchev–Trinajstić information content (AvgIpc) is 2.48. The number of aromatic nitrogens is 1. The Morgan fingerprint density at radius 2 is 1.91 bits per heavy atom. The normalized spacial score (nSPS) is 12.0. The smallest absolute Gasteiger partial charge is 0.255 e. The summed E-state index contributed by atoms with van der Waals surface area (Å²) in [6, 6.07) is 12.2. The Labute approximate surface area is 131 Å². The van der Waals surface area contributed by atoms with Crippen LogP contribution in [0.25, 0.3) is 0 Å². The van der Waals surface area contributed by atoms with Gasteiger partial charge in [-0.2, -0.15) is 13.5 Å². The number of rotatable bonds is 6. The van der Waals surface area contributed by atoms with Crippen molar-refractivity contribution in [3.63, 3.8) is 0 Å². The zero-order valence-electron chi connectivity index (χ0n) is 12.6. The summed E-state index contributed by atoms with van der Waals surface area (Å²) in [4.78, 5) is 6.40. The molecule has 0 spiro atoms. The fourth-order valence-electron chi connectivity index (χ4n) is 1.94. The van der Waals surface area contributed by atoms with Crippen molar-refractivity contribution in [1.29, 1.82) is 0 Å². The number of sulfonamides is 1. The summed E-state index contributed by atoms with van der Waals surface area (Å²) in [6.45, 7) is 4.25. The Morgan fingerprint density at radius 3 is 2.50 bits per heavy atom. The Morgan fingerprint density at radius 1 is 1.18 bits per heavy atom. The number of nitrogens with zero attached hydrogens (tertiary/aromatic N) is 2. The molecule has 1 aromatic heterocycles. The minimum absolute atomic E-state index is 0.193. The van der Waals surface area contributed by atoms with E-state index in [9.17, 15) is 8.42 Å². The van der Waals surface area contributed by atoms with Crippen LogP contribution in [-0.4, -0.2) is 19.6 Å². The van der Waals surface area contributed by atoms with Crippen LogP contribution in [0.2, 0.25) is 0 Å². The SMILES string of the molecule is CC(C)Cc1ccc(S(=O)(=O)N/N=C\c2ccccn2)cc1. The van der Waals surface area contributed by atoms with Gasteiger partial charge in [0.2, 0.25) is 0 Å². The molecule has 0 radical (unpaired) electrons. The van der Waals surface area contributed by atoms with Gasteiger partial charge in [0, 0.05) is 6.20 Å². The average molecular weight is 317 g/mol. The van der Waals surface area contributed by atoms with E-state index in [4.69, 9.17) is 0 Å². The molecule has 0 fully saturated rings. The van der Waals surface area contributed by atoms with Gasteiger partial charge in [-0.05, 0) is 42.2 Å². The quantitative estimate of drug-likeness (QED) is 0.657. The van der Waals surface area contributed by atoms with Crippen LogP contribution in [0.5, 0.6) is 0 Å². The third-order valence-electron chi connectivity index (χ3n) is 2.94. The standard InChI is InChI=1S/C16H19N3O2S/c1-13(2)11-14-6-8-16(9-7-14)22(20,21)19-18-12-15-5-3-4-10-17-15/h3-10,12-13,19H,11H2,1-2H3/b18-12-. The summed E-state index contributed by atoms with van der Waals surface area (Å²) >= 11 is 0. The molecule has 1 N–H and O–H groups in total. The summed E-state index contributed by atoms with van der Waals surface area (Å²) < 4.78 is 24.2. The fourth-order valence-corrected chi connectivity index (χ4v) is 2.73. The van der Waals surface area contributed by atoms with Crippen LogP contribution in [0, 0.1) is 5.92 Å². The van der Waals surface area contributed by atoms with Gasteiger partial charge < -0.3 is 0 Å². The van der Waals surface area contributed by atoms with Gasteiger partial charge in [-0.15, -0.1) is 0 Å². The molecule has 116 valence electrons.